The second-order valence-electron chi connectivity index (χ2n) is 5.92. The molecule has 3 fully saturated rings. The molecule has 0 unspecified atom stereocenters. The first-order valence-corrected chi connectivity index (χ1v) is 7.35. The summed E-state index contributed by atoms with van der Waals surface area (Å²) >= 11 is 0. The fourth-order valence-electron chi connectivity index (χ4n) is 3.67. The summed E-state index contributed by atoms with van der Waals surface area (Å²) in [5, 5.41) is 0. The number of hydrogen-bond acceptors (Lipinski definition) is 3. The minimum atomic E-state index is 0.0102. The fourth-order valence-corrected chi connectivity index (χ4v) is 3.67. The Hall–Kier alpha value is -0.900. The van der Waals surface area contributed by atoms with Crippen LogP contribution in [0.4, 0.5) is 0 Å². The van der Waals surface area contributed by atoms with Crippen molar-refractivity contribution >= 4 is 11.8 Å². The van der Waals surface area contributed by atoms with Crippen molar-refractivity contribution in [2.24, 2.45) is 11.8 Å². The average Bonchev–Trinajstić information content (AvgIpc) is 2.66. The van der Waals surface area contributed by atoms with E-state index in [1.54, 1.807) is 4.90 Å². The number of hydrogen-bond donors (Lipinski definition) is 0. The lowest BCUT2D eigenvalue weighted by molar-refractivity contribution is -0.142. The molecule has 3 aliphatic rings. The third-order valence-electron chi connectivity index (χ3n) is 4.72. The van der Waals surface area contributed by atoms with Gasteiger partial charge < -0.3 is 0 Å². The molecule has 0 radical (unpaired) electrons. The molecule has 100 valence electrons. The number of rotatable bonds is 2. The van der Waals surface area contributed by atoms with Gasteiger partial charge in [-0.25, -0.2) is 0 Å². The highest BCUT2D eigenvalue weighted by atomic mass is 16.2. The van der Waals surface area contributed by atoms with E-state index in [1.807, 2.05) is 0 Å². The van der Waals surface area contributed by atoms with Crippen molar-refractivity contribution in [1.29, 1.82) is 0 Å². The monoisotopic (exact) mass is 250 g/mol. The van der Waals surface area contributed by atoms with Gasteiger partial charge in [-0.05, 0) is 38.8 Å². The molecule has 2 saturated heterocycles. The molecule has 0 spiro atoms. The Morgan fingerprint density at radius 2 is 1.39 bits per heavy atom. The maximum atomic E-state index is 12.3. The summed E-state index contributed by atoms with van der Waals surface area (Å²) in [5.74, 6) is 0.234. The van der Waals surface area contributed by atoms with Crippen LogP contribution in [-0.4, -0.2) is 41.4 Å². The van der Waals surface area contributed by atoms with Crippen molar-refractivity contribution in [3.63, 3.8) is 0 Å². The molecule has 0 bridgehead atoms. The first-order chi connectivity index (χ1) is 8.77. The highest BCUT2D eigenvalue weighted by Crippen LogP contribution is 2.38. The number of carbonyl (C=O) groups excluding carboxylic acids is 2. The van der Waals surface area contributed by atoms with Crippen molar-refractivity contribution < 1.29 is 9.59 Å². The van der Waals surface area contributed by atoms with Crippen LogP contribution < -0.4 is 0 Å². The van der Waals surface area contributed by atoms with Crippen LogP contribution in [0.25, 0.3) is 0 Å². The van der Waals surface area contributed by atoms with E-state index >= 15 is 0 Å². The lowest BCUT2D eigenvalue weighted by Crippen LogP contribution is -2.43. The van der Waals surface area contributed by atoms with E-state index in [4.69, 9.17) is 0 Å². The van der Waals surface area contributed by atoms with Crippen LogP contribution in [0, 0.1) is 11.8 Å². The number of carbonyl (C=O) groups is 2. The second-order valence-corrected chi connectivity index (χ2v) is 5.92. The molecule has 4 nitrogen and oxygen atoms in total. The summed E-state index contributed by atoms with van der Waals surface area (Å²) in [6, 6.07) is 0. The van der Waals surface area contributed by atoms with Gasteiger partial charge >= 0.3 is 0 Å². The van der Waals surface area contributed by atoms with Gasteiger partial charge in [-0.15, -0.1) is 0 Å². The maximum absolute atomic E-state index is 12.3. The summed E-state index contributed by atoms with van der Waals surface area (Å²) in [5.41, 5.74) is 0. The largest absolute Gasteiger partial charge is 0.286 e. The zero-order valence-corrected chi connectivity index (χ0v) is 10.9. The SMILES string of the molecule is O=C1[C@H]2CCCC[C@@H]2C(=O)N1CN1CCCCC1. The van der Waals surface area contributed by atoms with Gasteiger partial charge in [0.1, 0.15) is 0 Å². The summed E-state index contributed by atoms with van der Waals surface area (Å²) in [7, 11) is 0. The van der Waals surface area contributed by atoms with Crippen LogP contribution in [0.1, 0.15) is 44.9 Å². The highest BCUT2D eigenvalue weighted by molar-refractivity contribution is 6.05. The summed E-state index contributed by atoms with van der Waals surface area (Å²) in [6.07, 6.45) is 7.74. The quantitative estimate of drug-likeness (QED) is 0.699. The minimum absolute atomic E-state index is 0.0102. The van der Waals surface area contributed by atoms with Crippen LogP contribution in [-0.2, 0) is 9.59 Å². The third kappa shape index (κ3) is 2.07. The molecule has 1 aliphatic carbocycles. The lowest BCUT2D eigenvalue weighted by Gasteiger charge is -2.29. The smallest absolute Gasteiger partial charge is 0.234 e. The Morgan fingerprint density at radius 3 is 1.94 bits per heavy atom. The van der Waals surface area contributed by atoms with Gasteiger partial charge in [0, 0.05) is 0 Å². The van der Waals surface area contributed by atoms with Gasteiger partial charge in [0.15, 0.2) is 0 Å². The molecule has 0 aromatic rings. The van der Waals surface area contributed by atoms with E-state index in [0.717, 1.165) is 38.8 Å². The molecule has 2 heterocycles. The van der Waals surface area contributed by atoms with E-state index in [1.165, 1.54) is 19.3 Å². The van der Waals surface area contributed by atoms with Gasteiger partial charge in [0.2, 0.25) is 11.8 Å². The molecule has 1 saturated carbocycles. The topological polar surface area (TPSA) is 40.6 Å². The Kier molecular flexibility index (Phi) is 3.37. The normalized spacial score (nSPS) is 33.9. The molecule has 18 heavy (non-hydrogen) atoms. The molecule has 0 N–H and O–H groups in total. The predicted octanol–water partition coefficient (Wildman–Crippen LogP) is 1.60. The highest BCUT2D eigenvalue weighted by Gasteiger charge is 2.48. The van der Waals surface area contributed by atoms with Crippen molar-refractivity contribution in [3.05, 3.63) is 0 Å². The first kappa shape index (κ1) is 12.2. The molecule has 4 heteroatoms. The van der Waals surface area contributed by atoms with E-state index < -0.39 is 0 Å². The van der Waals surface area contributed by atoms with Crippen LogP contribution in [0.3, 0.4) is 0 Å². The van der Waals surface area contributed by atoms with Crippen LogP contribution in [0.5, 0.6) is 0 Å². The number of likely N-dealkylation sites (tertiary alicyclic amines) is 2. The molecular weight excluding hydrogens is 228 g/mol. The van der Waals surface area contributed by atoms with Crippen LogP contribution in [0.2, 0.25) is 0 Å². The Balaban J connectivity index is 1.68. The zero-order chi connectivity index (χ0) is 12.5. The van der Waals surface area contributed by atoms with Crippen molar-refractivity contribution in [2.75, 3.05) is 19.8 Å². The number of nitrogens with zero attached hydrogens (tertiary/aromatic N) is 2. The Bertz CT molecular complexity index is 326. The number of fused-ring (bicyclic) bond motifs is 1. The molecule has 0 aromatic heterocycles. The number of piperidine rings is 1. The van der Waals surface area contributed by atoms with E-state index in [9.17, 15) is 9.59 Å². The molecule has 3 rings (SSSR count). The third-order valence-corrected chi connectivity index (χ3v) is 4.72. The Morgan fingerprint density at radius 1 is 0.833 bits per heavy atom. The van der Waals surface area contributed by atoms with Gasteiger partial charge in [0.05, 0.1) is 18.5 Å². The van der Waals surface area contributed by atoms with E-state index in [0.29, 0.717) is 6.67 Å². The summed E-state index contributed by atoms with van der Waals surface area (Å²) < 4.78 is 0. The number of imide groups is 1. The van der Waals surface area contributed by atoms with Crippen LogP contribution in [0.15, 0.2) is 0 Å². The van der Waals surface area contributed by atoms with Gasteiger partial charge in [-0.1, -0.05) is 19.3 Å². The van der Waals surface area contributed by atoms with Crippen molar-refractivity contribution in [2.45, 2.75) is 44.9 Å². The van der Waals surface area contributed by atoms with Crippen LogP contribution >= 0.6 is 0 Å². The molecule has 2 atom stereocenters. The van der Waals surface area contributed by atoms with Gasteiger partial charge in [0.25, 0.3) is 0 Å². The Labute approximate surface area is 108 Å². The van der Waals surface area contributed by atoms with Crippen molar-refractivity contribution in [1.82, 2.24) is 9.80 Å². The molecule has 2 aliphatic heterocycles. The lowest BCUT2D eigenvalue weighted by atomic mass is 9.81. The van der Waals surface area contributed by atoms with E-state index in [-0.39, 0.29) is 23.7 Å². The predicted molar refractivity (Wildman–Crippen MR) is 67.6 cm³/mol. The van der Waals surface area contributed by atoms with E-state index in [2.05, 4.69) is 4.90 Å². The summed E-state index contributed by atoms with van der Waals surface area (Å²) in [4.78, 5) is 28.4. The minimum Gasteiger partial charge on any atom is -0.286 e. The second kappa shape index (κ2) is 5.00. The zero-order valence-electron chi connectivity index (χ0n) is 10.9. The molecular formula is C14H22N2O2. The first-order valence-electron chi connectivity index (χ1n) is 7.35. The summed E-state index contributed by atoms with van der Waals surface area (Å²) in [6.45, 7) is 2.61. The average molecular weight is 250 g/mol. The number of amides is 2. The van der Waals surface area contributed by atoms with Gasteiger partial charge in [-0.2, -0.15) is 0 Å². The molecule has 2 amide bonds. The van der Waals surface area contributed by atoms with Crippen molar-refractivity contribution in [3.8, 4) is 0 Å². The maximum Gasteiger partial charge on any atom is 0.234 e. The van der Waals surface area contributed by atoms with Gasteiger partial charge in [-0.3, -0.25) is 19.4 Å². The standard InChI is InChI=1S/C14H22N2O2/c17-13-11-6-2-3-7-12(11)14(18)16(13)10-15-8-4-1-5-9-15/h11-12H,1-10H2/t11-,12-/m0/s1. The fraction of sp³-hybridized carbons (Fsp3) is 0.857. The molecule has 0 aromatic carbocycles.